The number of aryl methyl sites for hydroxylation is 1. The second-order valence-corrected chi connectivity index (χ2v) is 11.1. The molecule has 2 N–H and O–H groups in total. The standard InChI is InChI=1S/C29H31ClN4O2/c1-18-17-32-12-11-21(18)22-7-6-8-25(23(22)16-31)36-26-10-9-19(13-24(26)30)27(35)33-20-14-28(2,3)34-29(4,5)15-20/h6-13,17,20,34H,14-15H2,1-5H3,(H,33,35). The Hall–Kier alpha value is -3.40. The fourth-order valence-electron chi connectivity index (χ4n) is 5.27. The Balaban J connectivity index is 1.54. The van der Waals surface area contributed by atoms with Gasteiger partial charge in [-0.1, -0.05) is 23.7 Å². The summed E-state index contributed by atoms with van der Waals surface area (Å²) in [6.45, 7) is 10.5. The molecule has 0 radical (unpaired) electrons. The number of pyridine rings is 1. The topological polar surface area (TPSA) is 87.0 Å². The van der Waals surface area contributed by atoms with Crippen molar-refractivity contribution in [3.63, 3.8) is 0 Å². The molecule has 1 aliphatic heterocycles. The van der Waals surface area contributed by atoms with Crippen molar-refractivity contribution >= 4 is 17.5 Å². The second-order valence-electron chi connectivity index (χ2n) is 10.7. The van der Waals surface area contributed by atoms with E-state index in [1.807, 2.05) is 25.1 Å². The third-order valence-corrected chi connectivity index (χ3v) is 6.68. The monoisotopic (exact) mass is 502 g/mol. The maximum atomic E-state index is 13.0. The summed E-state index contributed by atoms with van der Waals surface area (Å²) < 4.78 is 6.06. The Labute approximate surface area is 217 Å². The van der Waals surface area contributed by atoms with Crippen molar-refractivity contribution < 1.29 is 9.53 Å². The second kappa shape index (κ2) is 9.93. The number of nitriles is 1. The number of rotatable bonds is 5. The maximum absolute atomic E-state index is 13.0. The zero-order chi connectivity index (χ0) is 26.1. The summed E-state index contributed by atoms with van der Waals surface area (Å²) in [5, 5.41) is 17.0. The van der Waals surface area contributed by atoms with E-state index >= 15 is 0 Å². The lowest BCUT2D eigenvalue weighted by Gasteiger charge is -2.46. The van der Waals surface area contributed by atoms with Gasteiger partial charge in [-0.2, -0.15) is 5.26 Å². The number of nitrogens with one attached hydrogen (secondary N) is 2. The number of carbonyl (C=O) groups excluding carboxylic acids is 1. The number of ether oxygens (including phenoxy) is 1. The Morgan fingerprint density at radius 1 is 1.11 bits per heavy atom. The van der Waals surface area contributed by atoms with Crippen molar-refractivity contribution in [1.82, 2.24) is 15.6 Å². The average molecular weight is 503 g/mol. The van der Waals surface area contributed by atoms with Gasteiger partial charge in [-0.25, -0.2) is 0 Å². The highest BCUT2D eigenvalue weighted by Gasteiger charge is 2.38. The van der Waals surface area contributed by atoms with Crippen molar-refractivity contribution in [1.29, 1.82) is 5.26 Å². The number of hydrogen-bond donors (Lipinski definition) is 2. The van der Waals surface area contributed by atoms with Gasteiger partial charge in [-0.3, -0.25) is 9.78 Å². The molecule has 7 heteroatoms. The number of nitrogens with zero attached hydrogens (tertiary/aromatic N) is 2. The molecule has 0 saturated carbocycles. The van der Waals surface area contributed by atoms with Crippen LogP contribution in [0.2, 0.25) is 5.02 Å². The summed E-state index contributed by atoms with van der Waals surface area (Å²) >= 11 is 6.53. The lowest BCUT2D eigenvalue weighted by molar-refractivity contribution is 0.0873. The highest BCUT2D eigenvalue weighted by atomic mass is 35.5. The first-order valence-corrected chi connectivity index (χ1v) is 12.4. The molecular formula is C29H31ClN4O2. The molecule has 1 fully saturated rings. The molecule has 0 bridgehead atoms. The smallest absolute Gasteiger partial charge is 0.251 e. The first-order chi connectivity index (χ1) is 17.0. The molecule has 0 unspecified atom stereocenters. The summed E-state index contributed by atoms with van der Waals surface area (Å²) in [4.78, 5) is 17.1. The van der Waals surface area contributed by atoms with Crippen LogP contribution in [0.3, 0.4) is 0 Å². The molecule has 4 rings (SSSR count). The molecule has 2 heterocycles. The number of piperidine rings is 1. The van der Waals surface area contributed by atoms with Gasteiger partial charge in [0.25, 0.3) is 5.91 Å². The minimum absolute atomic E-state index is 0.0519. The predicted octanol–water partition coefficient (Wildman–Crippen LogP) is 6.41. The Morgan fingerprint density at radius 3 is 2.47 bits per heavy atom. The third-order valence-electron chi connectivity index (χ3n) is 6.39. The van der Waals surface area contributed by atoms with Crippen LogP contribution >= 0.6 is 11.6 Å². The van der Waals surface area contributed by atoms with E-state index in [4.69, 9.17) is 16.3 Å². The number of benzene rings is 2. The van der Waals surface area contributed by atoms with Crippen LogP contribution in [0.25, 0.3) is 11.1 Å². The van der Waals surface area contributed by atoms with Crippen molar-refractivity contribution in [2.45, 2.75) is 64.6 Å². The summed E-state index contributed by atoms with van der Waals surface area (Å²) in [7, 11) is 0. The van der Waals surface area contributed by atoms with Gasteiger partial charge in [-0.05, 0) is 88.9 Å². The van der Waals surface area contributed by atoms with E-state index in [-0.39, 0.29) is 23.0 Å². The van der Waals surface area contributed by atoms with Crippen molar-refractivity contribution in [3.8, 4) is 28.7 Å². The quantitative estimate of drug-likeness (QED) is 0.420. The van der Waals surface area contributed by atoms with Crippen LogP contribution in [0.1, 0.15) is 62.0 Å². The normalized spacial score (nSPS) is 16.7. The van der Waals surface area contributed by atoms with E-state index in [0.29, 0.717) is 27.6 Å². The molecule has 0 aliphatic carbocycles. The van der Waals surface area contributed by atoms with Crippen molar-refractivity contribution in [2.75, 3.05) is 0 Å². The first kappa shape index (κ1) is 25.7. The van der Waals surface area contributed by atoms with Gasteiger partial charge in [0.2, 0.25) is 0 Å². The van der Waals surface area contributed by atoms with E-state index < -0.39 is 0 Å². The van der Waals surface area contributed by atoms with Crippen LogP contribution in [-0.4, -0.2) is 28.0 Å². The Morgan fingerprint density at radius 2 is 1.83 bits per heavy atom. The highest BCUT2D eigenvalue weighted by Crippen LogP contribution is 2.37. The largest absolute Gasteiger partial charge is 0.454 e. The van der Waals surface area contributed by atoms with Crippen LogP contribution in [0.15, 0.2) is 54.9 Å². The number of carbonyl (C=O) groups is 1. The van der Waals surface area contributed by atoms with Crippen LogP contribution in [0, 0.1) is 18.3 Å². The van der Waals surface area contributed by atoms with E-state index in [2.05, 4.69) is 49.4 Å². The molecule has 0 spiro atoms. The Bertz CT molecular complexity index is 1330. The molecule has 1 aromatic heterocycles. The maximum Gasteiger partial charge on any atom is 0.251 e. The molecule has 1 amide bonds. The first-order valence-electron chi connectivity index (χ1n) is 12.0. The Kier molecular flexibility index (Phi) is 7.08. The zero-order valence-electron chi connectivity index (χ0n) is 21.3. The lowest BCUT2D eigenvalue weighted by Crippen LogP contribution is -2.62. The van der Waals surface area contributed by atoms with Crippen molar-refractivity contribution in [2.24, 2.45) is 0 Å². The number of halogens is 1. The molecule has 36 heavy (non-hydrogen) atoms. The molecular weight excluding hydrogens is 472 g/mol. The van der Waals surface area contributed by atoms with Gasteiger partial charge in [0.15, 0.2) is 0 Å². The fraction of sp³-hybridized carbons (Fsp3) is 0.345. The SMILES string of the molecule is Cc1cnccc1-c1cccc(Oc2ccc(C(=O)NC3CC(C)(C)NC(C)(C)C3)cc2Cl)c1C#N. The molecule has 186 valence electrons. The molecule has 0 atom stereocenters. The van der Waals surface area contributed by atoms with Gasteiger partial charge >= 0.3 is 0 Å². The van der Waals surface area contributed by atoms with E-state index in [0.717, 1.165) is 29.5 Å². The van der Waals surface area contributed by atoms with Crippen molar-refractivity contribution in [3.05, 3.63) is 76.6 Å². The van der Waals surface area contributed by atoms with Crippen LogP contribution in [0.5, 0.6) is 11.5 Å². The number of aromatic nitrogens is 1. The van der Waals surface area contributed by atoms with Gasteiger partial charge in [-0.15, -0.1) is 0 Å². The third kappa shape index (κ3) is 5.70. The summed E-state index contributed by atoms with van der Waals surface area (Å²) in [5.41, 5.74) is 3.35. The van der Waals surface area contributed by atoms with Gasteiger partial charge in [0, 0.05) is 40.6 Å². The molecule has 3 aromatic rings. The van der Waals surface area contributed by atoms with Crippen LogP contribution < -0.4 is 15.4 Å². The minimum atomic E-state index is -0.171. The highest BCUT2D eigenvalue weighted by molar-refractivity contribution is 6.32. The summed E-state index contributed by atoms with van der Waals surface area (Å²) in [5.74, 6) is 0.594. The van der Waals surface area contributed by atoms with Gasteiger partial charge in [0.05, 0.1) is 5.02 Å². The predicted molar refractivity (Wildman–Crippen MR) is 142 cm³/mol. The fourth-order valence-corrected chi connectivity index (χ4v) is 5.49. The van der Waals surface area contributed by atoms with Gasteiger partial charge in [0.1, 0.15) is 23.1 Å². The molecule has 1 saturated heterocycles. The molecule has 1 aliphatic rings. The summed E-state index contributed by atoms with van der Waals surface area (Å²) in [6, 6.07) is 14.6. The minimum Gasteiger partial charge on any atom is -0.454 e. The lowest BCUT2D eigenvalue weighted by atomic mass is 9.79. The van der Waals surface area contributed by atoms with E-state index in [1.165, 1.54) is 0 Å². The van der Waals surface area contributed by atoms with E-state index in [9.17, 15) is 10.1 Å². The number of hydrogen-bond acceptors (Lipinski definition) is 5. The average Bonchev–Trinajstić information content (AvgIpc) is 2.78. The van der Waals surface area contributed by atoms with E-state index in [1.54, 1.807) is 36.7 Å². The molecule has 6 nitrogen and oxygen atoms in total. The zero-order valence-corrected chi connectivity index (χ0v) is 22.0. The molecule has 2 aromatic carbocycles. The van der Waals surface area contributed by atoms with Crippen LogP contribution in [-0.2, 0) is 0 Å². The summed E-state index contributed by atoms with van der Waals surface area (Å²) in [6.07, 6.45) is 5.13. The van der Waals surface area contributed by atoms with Gasteiger partial charge < -0.3 is 15.4 Å². The number of amides is 1. The van der Waals surface area contributed by atoms with Crippen LogP contribution in [0.4, 0.5) is 0 Å².